The third kappa shape index (κ3) is 6.03. The molecule has 176 valence electrons. The zero-order chi connectivity index (χ0) is 24.0. The van der Waals surface area contributed by atoms with Crippen molar-refractivity contribution >= 4 is 18.0 Å². The third-order valence-corrected chi connectivity index (χ3v) is 5.31. The molecule has 1 aliphatic carbocycles. The Morgan fingerprint density at radius 3 is 2.09 bits per heavy atom. The van der Waals surface area contributed by atoms with Crippen LogP contribution >= 0.6 is 0 Å². The lowest BCUT2D eigenvalue weighted by Crippen LogP contribution is -2.55. The van der Waals surface area contributed by atoms with E-state index < -0.39 is 30.2 Å². The quantitative estimate of drug-likeness (QED) is 0.490. The van der Waals surface area contributed by atoms with E-state index in [2.05, 4.69) is 5.32 Å². The van der Waals surface area contributed by atoms with E-state index in [-0.39, 0.29) is 38.3 Å². The van der Waals surface area contributed by atoms with Crippen molar-refractivity contribution in [2.24, 2.45) is 0 Å². The van der Waals surface area contributed by atoms with Crippen LogP contribution in [-0.2, 0) is 14.3 Å². The van der Waals surface area contributed by atoms with Crippen molar-refractivity contribution in [3.8, 4) is 11.1 Å². The molecule has 0 heterocycles. The number of carboxylic acids is 1. The van der Waals surface area contributed by atoms with Gasteiger partial charge in [0.25, 0.3) is 5.91 Å². The molecule has 10 heteroatoms. The van der Waals surface area contributed by atoms with Gasteiger partial charge in [0.2, 0.25) is 6.04 Å². The van der Waals surface area contributed by atoms with Gasteiger partial charge in [-0.05, 0) is 35.1 Å². The first-order valence-electron chi connectivity index (χ1n) is 10.4. The number of aliphatic carboxylic acids is 1. The van der Waals surface area contributed by atoms with Crippen molar-refractivity contribution < 1.29 is 37.4 Å². The van der Waals surface area contributed by atoms with Gasteiger partial charge < -0.3 is 20.5 Å². The largest absolute Gasteiger partial charge is 0.481 e. The van der Waals surface area contributed by atoms with E-state index in [1.54, 1.807) is 5.32 Å². The lowest BCUT2D eigenvalue weighted by molar-refractivity contribution is -0.167. The van der Waals surface area contributed by atoms with Crippen LogP contribution in [0.1, 0.15) is 36.3 Å². The summed E-state index contributed by atoms with van der Waals surface area (Å²) in [7, 11) is 0. The molecule has 0 saturated carbocycles. The number of carbonyl (C=O) groups is 3. The van der Waals surface area contributed by atoms with E-state index in [9.17, 15) is 27.6 Å². The Morgan fingerprint density at radius 2 is 1.55 bits per heavy atom. The number of rotatable bonds is 9. The van der Waals surface area contributed by atoms with Crippen LogP contribution in [0.3, 0.4) is 0 Å². The molecule has 1 aliphatic rings. The van der Waals surface area contributed by atoms with Crippen LogP contribution in [0, 0.1) is 0 Å². The van der Waals surface area contributed by atoms with E-state index in [0.29, 0.717) is 0 Å². The predicted octanol–water partition coefficient (Wildman–Crippen LogP) is 3.83. The average molecular weight is 464 g/mol. The molecule has 0 aromatic heterocycles. The molecule has 0 fully saturated rings. The fourth-order valence-electron chi connectivity index (χ4n) is 3.77. The van der Waals surface area contributed by atoms with Gasteiger partial charge in [-0.15, -0.1) is 0 Å². The second kappa shape index (κ2) is 10.4. The summed E-state index contributed by atoms with van der Waals surface area (Å²) in [6.07, 6.45) is -6.16. The highest BCUT2D eigenvalue weighted by Gasteiger charge is 2.46. The zero-order valence-corrected chi connectivity index (χ0v) is 17.5. The van der Waals surface area contributed by atoms with Crippen molar-refractivity contribution in [1.82, 2.24) is 10.6 Å². The highest BCUT2D eigenvalue weighted by molar-refractivity contribution is 5.86. The van der Waals surface area contributed by atoms with E-state index in [1.165, 1.54) is 0 Å². The van der Waals surface area contributed by atoms with Gasteiger partial charge in [-0.1, -0.05) is 48.5 Å². The van der Waals surface area contributed by atoms with Crippen molar-refractivity contribution in [2.45, 2.75) is 37.4 Å². The lowest BCUT2D eigenvalue weighted by atomic mass is 9.98. The SMILES string of the molecule is O=C(O)CCCCNC(=O)C(NC(=O)OCC1c2ccccc2-c2ccccc21)C(F)(F)F. The summed E-state index contributed by atoms with van der Waals surface area (Å²) in [6.45, 7) is -0.341. The molecule has 0 spiro atoms. The minimum Gasteiger partial charge on any atom is -0.481 e. The summed E-state index contributed by atoms with van der Waals surface area (Å²) in [5, 5.41) is 12.2. The van der Waals surface area contributed by atoms with Gasteiger partial charge in [-0.25, -0.2) is 4.79 Å². The van der Waals surface area contributed by atoms with Crippen LogP contribution in [0.5, 0.6) is 0 Å². The standard InChI is InChI=1S/C23H23F3N2O5/c24-23(25,26)20(21(31)27-12-6-5-11-19(29)30)28-22(32)33-13-18-16-9-3-1-7-14(16)15-8-2-4-10-17(15)18/h1-4,7-10,18,20H,5-6,11-13H2,(H,27,31)(H,28,32)(H,29,30). The summed E-state index contributed by atoms with van der Waals surface area (Å²) < 4.78 is 45.1. The van der Waals surface area contributed by atoms with Crippen molar-refractivity contribution in [3.63, 3.8) is 0 Å². The minimum absolute atomic E-state index is 0.148. The molecular formula is C23H23F3N2O5. The second-order valence-corrected chi connectivity index (χ2v) is 7.59. The maximum atomic E-state index is 13.3. The molecule has 2 amide bonds. The summed E-state index contributed by atoms with van der Waals surface area (Å²) in [4.78, 5) is 34.6. The summed E-state index contributed by atoms with van der Waals surface area (Å²) in [5.41, 5.74) is 3.74. The number of carbonyl (C=O) groups excluding carboxylic acids is 2. The van der Waals surface area contributed by atoms with Gasteiger partial charge in [0.05, 0.1) is 0 Å². The van der Waals surface area contributed by atoms with E-state index in [4.69, 9.17) is 9.84 Å². The van der Waals surface area contributed by atoms with Gasteiger partial charge >= 0.3 is 18.2 Å². The number of alkyl halides is 3. The molecule has 2 aromatic carbocycles. The van der Waals surface area contributed by atoms with Crippen LogP contribution in [0.15, 0.2) is 48.5 Å². The molecule has 0 aliphatic heterocycles. The smallest absolute Gasteiger partial charge is 0.417 e. The molecule has 0 saturated heterocycles. The Hall–Kier alpha value is -3.56. The highest BCUT2D eigenvalue weighted by atomic mass is 19.4. The minimum atomic E-state index is -5.03. The number of nitrogens with one attached hydrogen (secondary N) is 2. The van der Waals surface area contributed by atoms with Crippen molar-refractivity contribution in [1.29, 1.82) is 0 Å². The topological polar surface area (TPSA) is 105 Å². The number of amides is 2. The highest BCUT2D eigenvalue weighted by Crippen LogP contribution is 2.44. The van der Waals surface area contributed by atoms with Crippen molar-refractivity contribution in [2.75, 3.05) is 13.2 Å². The maximum Gasteiger partial charge on any atom is 0.417 e. The van der Waals surface area contributed by atoms with Gasteiger partial charge in [-0.2, -0.15) is 13.2 Å². The van der Waals surface area contributed by atoms with E-state index in [0.717, 1.165) is 22.3 Å². The number of fused-ring (bicyclic) bond motifs is 3. The first-order valence-corrected chi connectivity index (χ1v) is 10.4. The summed E-state index contributed by atoms with van der Waals surface area (Å²) >= 11 is 0. The van der Waals surface area contributed by atoms with Crippen molar-refractivity contribution in [3.05, 3.63) is 59.7 Å². The molecule has 3 rings (SSSR count). The Morgan fingerprint density at radius 1 is 0.970 bits per heavy atom. The number of unbranched alkanes of at least 4 members (excludes halogenated alkanes) is 1. The number of ether oxygens (including phenoxy) is 1. The molecule has 0 bridgehead atoms. The predicted molar refractivity (Wildman–Crippen MR) is 113 cm³/mol. The maximum absolute atomic E-state index is 13.3. The van der Waals surface area contributed by atoms with Crippen LogP contribution < -0.4 is 10.6 Å². The third-order valence-electron chi connectivity index (χ3n) is 5.31. The van der Waals surface area contributed by atoms with Crippen LogP contribution in [0.4, 0.5) is 18.0 Å². The van der Waals surface area contributed by atoms with Crippen LogP contribution in [0.25, 0.3) is 11.1 Å². The summed E-state index contributed by atoms with van der Waals surface area (Å²) in [6, 6.07) is 12.2. The molecule has 3 N–H and O–H groups in total. The van der Waals surface area contributed by atoms with Gasteiger partial charge in [0, 0.05) is 18.9 Å². The Bertz CT molecular complexity index is 980. The van der Waals surface area contributed by atoms with Gasteiger partial charge in [-0.3, -0.25) is 9.59 Å². The molecule has 2 aromatic rings. The second-order valence-electron chi connectivity index (χ2n) is 7.59. The number of hydrogen-bond donors (Lipinski definition) is 3. The van der Waals surface area contributed by atoms with Gasteiger partial charge in [0.1, 0.15) is 6.61 Å². The lowest BCUT2D eigenvalue weighted by Gasteiger charge is -2.21. The fraction of sp³-hybridized carbons (Fsp3) is 0.348. The van der Waals surface area contributed by atoms with Crippen LogP contribution in [0.2, 0.25) is 0 Å². The molecule has 33 heavy (non-hydrogen) atoms. The zero-order valence-electron chi connectivity index (χ0n) is 17.5. The Labute approximate surface area is 187 Å². The Kier molecular flexibility index (Phi) is 7.57. The first-order chi connectivity index (χ1) is 15.7. The average Bonchev–Trinajstić information content (AvgIpc) is 3.08. The fourth-order valence-corrected chi connectivity index (χ4v) is 3.77. The summed E-state index contributed by atoms with van der Waals surface area (Å²) in [5.74, 6) is -2.81. The van der Waals surface area contributed by atoms with E-state index >= 15 is 0 Å². The molecule has 0 radical (unpaired) electrons. The number of benzene rings is 2. The number of carboxylic acid groups (broad SMARTS) is 1. The number of halogens is 3. The van der Waals surface area contributed by atoms with E-state index in [1.807, 2.05) is 48.5 Å². The normalized spacial score (nSPS) is 13.5. The molecule has 1 unspecified atom stereocenters. The monoisotopic (exact) mass is 464 g/mol. The molecule has 7 nitrogen and oxygen atoms in total. The molecular weight excluding hydrogens is 441 g/mol. The Balaban J connectivity index is 1.59. The van der Waals surface area contributed by atoms with Crippen LogP contribution in [-0.4, -0.2) is 48.4 Å². The number of alkyl carbamates (subject to hydrolysis) is 1. The molecule has 1 atom stereocenters. The first kappa shape index (κ1) is 24.1. The van der Waals surface area contributed by atoms with Gasteiger partial charge in [0.15, 0.2) is 0 Å². The number of hydrogen-bond acceptors (Lipinski definition) is 4.